The maximum atomic E-state index is 5.62. The van der Waals surface area contributed by atoms with Crippen LogP contribution < -0.4 is 4.74 Å². The Morgan fingerprint density at radius 3 is 2.71 bits per heavy atom. The van der Waals surface area contributed by atoms with Gasteiger partial charge in [0.05, 0.1) is 18.4 Å². The van der Waals surface area contributed by atoms with Crippen molar-refractivity contribution in [3.05, 3.63) is 60.0 Å². The van der Waals surface area contributed by atoms with Gasteiger partial charge in [-0.2, -0.15) is 0 Å². The van der Waals surface area contributed by atoms with Crippen molar-refractivity contribution in [3.63, 3.8) is 0 Å². The predicted molar refractivity (Wildman–Crippen MR) is 124 cm³/mol. The van der Waals surface area contributed by atoms with Gasteiger partial charge in [-0.3, -0.25) is 4.57 Å². The summed E-state index contributed by atoms with van der Waals surface area (Å²) in [4.78, 5) is 4.83. The van der Waals surface area contributed by atoms with Gasteiger partial charge in [0.1, 0.15) is 11.4 Å². The van der Waals surface area contributed by atoms with Crippen molar-refractivity contribution in [2.45, 2.75) is 56.0 Å². The molecule has 1 aromatic carbocycles. The molecule has 3 heterocycles. The maximum Gasteiger partial charge on any atom is 0.192 e. The molecule has 7 heteroatoms. The molecule has 0 radical (unpaired) electrons. The second-order valence-electron chi connectivity index (χ2n) is 8.11. The molecule has 31 heavy (non-hydrogen) atoms. The summed E-state index contributed by atoms with van der Waals surface area (Å²) in [6.07, 6.45) is 10.3. The number of nitrogens with zero attached hydrogens (tertiary/aromatic N) is 5. The molecule has 0 amide bonds. The van der Waals surface area contributed by atoms with Gasteiger partial charge >= 0.3 is 0 Å². The zero-order valence-corrected chi connectivity index (χ0v) is 18.8. The number of para-hydroxylation sites is 1. The topological polar surface area (TPSA) is 57.2 Å². The lowest BCUT2D eigenvalue weighted by molar-refractivity contribution is 0.338. The fraction of sp³-hybridized carbons (Fsp3) is 0.375. The van der Waals surface area contributed by atoms with Crippen LogP contribution in [0.4, 0.5) is 0 Å². The van der Waals surface area contributed by atoms with Crippen LogP contribution >= 0.6 is 11.8 Å². The number of pyridine rings is 1. The first-order valence-corrected chi connectivity index (χ1v) is 11.9. The minimum atomic E-state index is 0.425. The van der Waals surface area contributed by atoms with Gasteiger partial charge in [0.15, 0.2) is 11.0 Å². The Bertz CT molecular complexity index is 1190. The van der Waals surface area contributed by atoms with Crippen molar-refractivity contribution in [2.24, 2.45) is 0 Å². The maximum absolute atomic E-state index is 5.62. The van der Waals surface area contributed by atoms with Crippen molar-refractivity contribution in [1.29, 1.82) is 0 Å². The van der Waals surface area contributed by atoms with Crippen LogP contribution in [-0.2, 0) is 5.75 Å². The molecule has 1 aliphatic carbocycles. The van der Waals surface area contributed by atoms with Crippen LogP contribution in [0.5, 0.6) is 5.75 Å². The Balaban J connectivity index is 1.49. The summed E-state index contributed by atoms with van der Waals surface area (Å²) in [7, 11) is 1.71. The summed E-state index contributed by atoms with van der Waals surface area (Å²) in [5.74, 6) is 2.50. The highest BCUT2D eigenvalue weighted by molar-refractivity contribution is 7.98. The van der Waals surface area contributed by atoms with Crippen LogP contribution in [0.3, 0.4) is 0 Å². The predicted octanol–water partition coefficient (Wildman–Crippen LogP) is 5.71. The number of imidazole rings is 1. The summed E-state index contributed by atoms with van der Waals surface area (Å²) in [5.41, 5.74) is 4.25. The van der Waals surface area contributed by atoms with E-state index in [4.69, 9.17) is 9.72 Å². The molecular formula is C24H27N5OS. The molecule has 0 aliphatic heterocycles. The second-order valence-corrected chi connectivity index (χ2v) is 9.05. The number of aromatic nitrogens is 5. The number of rotatable bonds is 6. The lowest BCUT2D eigenvalue weighted by atomic mass is 9.95. The fourth-order valence-electron chi connectivity index (χ4n) is 4.47. The fourth-order valence-corrected chi connectivity index (χ4v) is 5.36. The first-order valence-electron chi connectivity index (χ1n) is 10.9. The Hall–Kier alpha value is -2.80. The molecule has 3 aromatic heterocycles. The Kier molecular flexibility index (Phi) is 5.68. The van der Waals surface area contributed by atoms with Crippen LogP contribution in [0.15, 0.2) is 53.9 Å². The molecule has 1 saturated carbocycles. The Morgan fingerprint density at radius 1 is 1.06 bits per heavy atom. The molecule has 0 N–H and O–H groups in total. The van der Waals surface area contributed by atoms with Crippen LogP contribution in [0.25, 0.3) is 17.0 Å². The Morgan fingerprint density at radius 2 is 1.90 bits per heavy atom. The van der Waals surface area contributed by atoms with Crippen molar-refractivity contribution in [2.75, 3.05) is 7.11 Å². The van der Waals surface area contributed by atoms with Crippen molar-refractivity contribution in [1.82, 2.24) is 24.1 Å². The molecule has 6 nitrogen and oxygen atoms in total. The number of thioether (sulfide) groups is 1. The molecule has 5 rings (SSSR count). The van der Waals surface area contributed by atoms with E-state index < -0.39 is 0 Å². The van der Waals surface area contributed by atoms with Gasteiger partial charge in [-0.1, -0.05) is 49.2 Å². The third-order valence-corrected chi connectivity index (χ3v) is 7.01. The third kappa shape index (κ3) is 3.94. The van der Waals surface area contributed by atoms with Gasteiger partial charge in [0, 0.05) is 24.2 Å². The number of hydrogen-bond donors (Lipinski definition) is 0. The van der Waals surface area contributed by atoms with Crippen molar-refractivity contribution >= 4 is 17.4 Å². The SMILES string of the molecule is COc1ccccc1-c1nnc(SCc2cn3cccc(C)c3n2)n1C1CCCCC1. The zero-order valence-electron chi connectivity index (χ0n) is 18.0. The molecule has 0 atom stereocenters. The first-order chi connectivity index (χ1) is 15.2. The van der Waals surface area contributed by atoms with Crippen LogP contribution in [0.1, 0.15) is 49.4 Å². The average molecular weight is 434 g/mol. The third-order valence-electron chi connectivity index (χ3n) is 6.03. The van der Waals surface area contributed by atoms with E-state index >= 15 is 0 Å². The lowest BCUT2D eigenvalue weighted by Gasteiger charge is -2.26. The molecule has 1 fully saturated rings. The normalized spacial score (nSPS) is 14.9. The van der Waals surface area contributed by atoms with E-state index in [2.05, 4.69) is 50.5 Å². The van der Waals surface area contributed by atoms with E-state index in [-0.39, 0.29) is 0 Å². The van der Waals surface area contributed by atoms with E-state index in [1.165, 1.54) is 37.7 Å². The number of benzene rings is 1. The Labute approximate surface area is 186 Å². The highest BCUT2D eigenvalue weighted by Gasteiger charge is 2.25. The minimum Gasteiger partial charge on any atom is -0.496 e. The first kappa shape index (κ1) is 20.1. The number of aryl methyl sites for hydroxylation is 1. The van der Waals surface area contributed by atoms with Crippen LogP contribution in [-0.4, -0.2) is 31.3 Å². The van der Waals surface area contributed by atoms with Crippen LogP contribution in [0, 0.1) is 6.92 Å². The number of ether oxygens (including phenoxy) is 1. The molecule has 0 saturated heterocycles. The summed E-state index contributed by atoms with van der Waals surface area (Å²) in [6.45, 7) is 2.10. The minimum absolute atomic E-state index is 0.425. The second kappa shape index (κ2) is 8.75. The van der Waals surface area contributed by atoms with E-state index in [0.29, 0.717) is 6.04 Å². The number of hydrogen-bond acceptors (Lipinski definition) is 5. The molecule has 0 unspecified atom stereocenters. The highest BCUT2D eigenvalue weighted by atomic mass is 32.2. The molecule has 1 aliphatic rings. The molecule has 160 valence electrons. The van der Waals surface area contributed by atoms with Crippen molar-refractivity contribution in [3.8, 4) is 17.1 Å². The lowest BCUT2D eigenvalue weighted by Crippen LogP contribution is -2.15. The van der Waals surface area contributed by atoms with Crippen LogP contribution in [0.2, 0.25) is 0 Å². The van der Waals surface area contributed by atoms with Gasteiger partial charge in [0.2, 0.25) is 0 Å². The highest BCUT2D eigenvalue weighted by Crippen LogP contribution is 2.38. The summed E-state index contributed by atoms with van der Waals surface area (Å²) in [5, 5.41) is 10.2. The van der Waals surface area contributed by atoms with Gasteiger partial charge in [-0.05, 0) is 43.5 Å². The molecule has 4 aromatic rings. The zero-order chi connectivity index (χ0) is 21.2. The summed E-state index contributed by atoms with van der Waals surface area (Å²) >= 11 is 1.72. The molecule has 0 bridgehead atoms. The van der Waals surface area contributed by atoms with Crippen molar-refractivity contribution < 1.29 is 4.74 Å². The monoisotopic (exact) mass is 433 g/mol. The quantitative estimate of drug-likeness (QED) is 0.365. The molecule has 0 spiro atoms. The van der Waals surface area contributed by atoms with E-state index in [0.717, 1.165) is 39.4 Å². The van der Waals surface area contributed by atoms with Gasteiger partial charge in [0.25, 0.3) is 0 Å². The average Bonchev–Trinajstić information content (AvgIpc) is 3.43. The number of methoxy groups -OCH3 is 1. The van der Waals surface area contributed by atoms with Gasteiger partial charge < -0.3 is 9.14 Å². The number of fused-ring (bicyclic) bond motifs is 1. The summed E-state index contributed by atoms with van der Waals surface area (Å²) < 4.78 is 10.1. The van der Waals surface area contributed by atoms with E-state index in [9.17, 15) is 0 Å². The standard InChI is InChI=1S/C24H27N5OS/c1-17-9-8-14-28-15-18(25-22(17)28)16-31-24-27-26-23(20-12-6-7-13-21(20)30-2)29(24)19-10-4-3-5-11-19/h6-9,12-15,19H,3-5,10-11,16H2,1-2H3. The van der Waals surface area contributed by atoms with E-state index in [1.807, 2.05) is 24.4 Å². The smallest absolute Gasteiger partial charge is 0.192 e. The largest absolute Gasteiger partial charge is 0.496 e. The van der Waals surface area contributed by atoms with Gasteiger partial charge in [-0.25, -0.2) is 4.98 Å². The van der Waals surface area contributed by atoms with E-state index in [1.54, 1.807) is 18.9 Å². The van der Waals surface area contributed by atoms with Gasteiger partial charge in [-0.15, -0.1) is 10.2 Å². The molecular weight excluding hydrogens is 406 g/mol. The summed E-state index contributed by atoms with van der Waals surface area (Å²) in [6, 6.07) is 12.7.